The van der Waals surface area contributed by atoms with Crippen molar-refractivity contribution in [2.75, 3.05) is 0 Å². The normalized spacial score (nSPS) is 10.3. The Kier molecular flexibility index (Phi) is 13.7. The van der Waals surface area contributed by atoms with Gasteiger partial charge in [-0.1, -0.05) is 95.0 Å². The summed E-state index contributed by atoms with van der Waals surface area (Å²) in [5.74, 6) is 1.81. The summed E-state index contributed by atoms with van der Waals surface area (Å²) in [6.07, 6.45) is 15.1. The van der Waals surface area contributed by atoms with Crippen molar-refractivity contribution in [3.8, 4) is 11.5 Å². The molecule has 26 heavy (non-hydrogen) atoms. The molecule has 0 atom stereocenters. The van der Waals surface area contributed by atoms with Crippen LogP contribution in [-0.2, 0) is 6.42 Å². The van der Waals surface area contributed by atoms with Gasteiger partial charge < -0.3 is 4.74 Å². The molecule has 2 aromatic carbocycles. The zero-order chi connectivity index (χ0) is 17.6. The molecule has 0 radical (unpaired) electrons. The fourth-order valence-electron chi connectivity index (χ4n) is 3.17. The zero-order valence-corrected chi connectivity index (χ0v) is 15.9. The van der Waals surface area contributed by atoms with Crippen molar-refractivity contribution in [3.05, 3.63) is 60.2 Å². The molecule has 0 fully saturated rings. The molecule has 0 amide bonds. The van der Waals surface area contributed by atoms with Crippen molar-refractivity contribution < 1.29 is 4.74 Å². The van der Waals surface area contributed by atoms with Crippen molar-refractivity contribution in [2.24, 2.45) is 0 Å². The van der Waals surface area contributed by atoms with Crippen molar-refractivity contribution in [1.29, 1.82) is 0 Å². The van der Waals surface area contributed by atoms with Gasteiger partial charge in [0.1, 0.15) is 11.5 Å². The number of hydrogen-bond acceptors (Lipinski definition) is 1. The number of aryl methyl sites for hydroxylation is 1. The second kappa shape index (κ2) is 15.3. The molecular formula is C24H35NaO. The number of ether oxygens (including phenoxy) is 1. The number of unbranched alkanes of at least 4 members (excludes halogenated alkanes) is 9. The van der Waals surface area contributed by atoms with Gasteiger partial charge in [0.15, 0.2) is 0 Å². The Balaban J connectivity index is 0.00000338. The molecule has 2 aromatic rings. The van der Waals surface area contributed by atoms with Gasteiger partial charge >= 0.3 is 29.6 Å². The Hall–Kier alpha value is -0.760. The molecular weight excluding hydrogens is 327 g/mol. The van der Waals surface area contributed by atoms with Crippen molar-refractivity contribution in [3.63, 3.8) is 0 Å². The van der Waals surface area contributed by atoms with Crippen LogP contribution in [0.4, 0.5) is 0 Å². The van der Waals surface area contributed by atoms with E-state index in [-0.39, 0.29) is 29.6 Å². The van der Waals surface area contributed by atoms with Crippen molar-refractivity contribution in [1.82, 2.24) is 0 Å². The molecule has 0 N–H and O–H groups in total. The van der Waals surface area contributed by atoms with Gasteiger partial charge in [-0.25, -0.2) is 0 Å². The quantitative estimate of drug-likeness (QED) is 0.268. The van der Waals surface area contributed by atoms with E-state index in [9.17, 15) is 0 Å². The summed E-state index contributed by atoms with van der Waals surface area (Å²) in [6.45, 7) is 2.28. The number of para-hydroxylation sites is 1. The fraction of sp³-hybridized carbons (Fsp3) is 0.500. The monoisotopic (exact) mass is 362 g/mol. The Morgan fingerprint density at radius 3 is 1.65 bits per heavy atom. The first-order chi connectivity index (χ1) is 12.4. The third-order valence-corrected chi connectivity index (χ3v) is 4.72. The SMILES string of the molecule is CCCCCCCCCCCCc1ccc(Oc2ccccc2)cc1.[NaH]. The van der Waals surface area contributed by atoms with Crippen LogP contribution in [0.15, 0.2) is 54.6 Å². The van der Waals surface area contributed by atoms with E-state index in [4.69, 9.17) is 4.74 Å². The second-order valence-electron chi connectivity index (χ2n) is 6.99. The van der Waals surface area contributed by atoms with Crippen LogP contribution >= 0.6 is 0 Å². The molecule has 0 heterocycles. The molecule has 0 aromatic heterocycles. The van der Waals surface area contributed by atoms with Crippen LogP contribution in [0.25, 0.3) is 0 Å². The minimum atomic E-state index is 0. The van der Waals surface area contributed by atoms with Crippen molar-refractivity contribution in [2.45, 2.75) is 77.6 Å². The first-order valence-corrected chi connectivity index (χ1v) is 10.2. The van der Waals surface area contributed by atoms with Crippen LogP contribution in [-0.4, -0.2) is 29.6 Å². The van der Waals surface area contributed by atoms with Gasteiger partial charge in [0.2, 0.25) is 0 Å². The Bertz CT molecular complexity index is 550. The van der Waals surface area contributed by atoms with Crippen LogP contribution in [0.3, 0.4) is 0 Å². The Labute approximate surface area is 182 Å². The van der Waals surface area contributed by atoms with Gasteiger partial charge in [0.05, 0.1) is 0 Å². The van der Waals surface area contributed by atoms with Crippen LogP contribution in [0.2, 0.25) is 0 Å². The van der Waals surface area contributed by atoms with E-state index in [2.05, 4.69) is 31.2 Å². The van der Waals surface area contributed by atoms with E-state index in [1.165, 1.54) is 76.2 Å². The molecule has 138 valence electrons. The van der Waals surface area contributed by atoms with E-state index < -0.39 is 0 Å². The first-order valence-electron chi connectivity index (χ1n) is 10.2. The number of benzene rings is 2. The number of hydrogen-bond donors (Lipinski definition) is 0. The third-order valence-electron chi connectivity index (χ3n) is 4.72. The average molecular weight is 363 g/mol. The minimum absolute atomic E-state index is 0. The van der Waals surface area contributed by atoms with E-state index in [0.717, 1.165) is 11.5 Å². The van der Waals surface area contributed by atoms with Crippen molar-refractivity contribution >= 4 is 29.6 Å². The molecule has 2 heteroatoms. The molecule has 2 rings (SSSR count). The van der Waals surface area contributed by atoms with Gasteiger partial charge in [-0.2, -0.15) is 0 Å². The Morgan fingerprint density at radius 1 is 0.577 bits per heavy atom. The summed E-state index contributed by atoms with van der Waals surface area (Å²) in [7, 11) is 0. The average Bonchev–Trinajstić information content (AvgIpc) is 2.65. The molecule has 0 saturated heterocycles. The standard InChI is InChI=1S/C24H34O.Na.H/c1-2-3-4-5-6-7-8-9-10-12-15-22-18-20-24(21-19-22)25-23-16-13-11-14-17-23;;/h11,13-14,16-21H,2-10,12,15H2,1H3;;. The first kappa shape index (κ1) is 23.3. The Morgan fingerprint density at radius 2 is 1.08 bits per heavy atom. The van der Waals surface area contributed by atoms with Gasteiger partial charge in [-0.05, 0) is 42.7 Å². The van der Waals surface area contributed by atoms with Gasteiger partial charge in [-0.15, -0.1) is 0 Å². The molecule has 1 nitrogen and oxygen atoms in total. The van der Waals surface area contributed by atoms with Crippen LogP contribution < -0.4 is 4.74 Å². The molecule has 0 saturated carbocycles. The fourth-order valence-corrected chi connectivity index (χ4v) is 3.17. The number of rotatable bonds is 13. The maximum atomic E-state index is 5.84. The predicted molar refractivity (Wildman–Crippen MR) is 116 cm³/mol. The van der Waals surface area contributed by atoms with E-state index in [1.54, 1.807) is 0 Å². The second-order valence-corrected chi connectivity index (χ2v) is 6.99. The van der Waals surface area contributed by atoms with E-state index >= 15 is 0 Å². The van der Waals surface area contributed by atoms with E-state index in [0.29, 0.717) is 0 Å². The van der Waals surface area contributed by atoms with Crippen LogP contribution in [0, 0.1) is 0 Å². The summed E-state index contributed by atoms with van der Waals surface area (Å²) in [4.78, 5) is 0. The molecule has 0 aliphatic heterocycles. The summed E-state index contributed by atoms with van der Waals surface area (Å²) >= 11 is 0. The molecule has 0 aliphatic carbocycles. The summed E-state index contributed by atoms with van der Waals surface area (Å²) in [6, 6.07) is 18.5. The maximum absolute atomic E-state index is 5.84. The summed E-state index contributed by atoms with van der Waals surface area (Å²) in [5, 5.41) is 0. The zero-order valence-electron chi connectivity index (χ0n) is 15.9. The molecule has 0 unspecified atom stereocenters. The topological polar surface area (TPSA) is 9.23 Å². The van der Waals surface area contributed by atoms with Crippen LogP contribution in [0.1, 0.15) is 76.7 Å². The van der Waals surface area contributed by atoms with E-state index in [1.807, 2.05) is 30.3 Å². The molecule has 0 aliphatic rings. The third kappa shape index (κ3) is 10.4. The molecule has 0 spiro atoms. The van der Waals surface area contributed by atoms with Crippen LogP contribution in [0.5, 0.6) is 11.5 Å². The molecule has 0 bridgehead atoms. The predicted octanol–water partition coefficient (Wildman–Crippen LogP) is 7.29. The summed E-state index contributed by atoms with van der Waals surface area (Å²) in [5.41, 5.74) is 1.42. The van der Waals surface area contributed by atoms with Gasteiger partial charge in [0, 0.05) is 0 Å². The van der Waals surface area contributed by atoms with Gasteiger partial charge in [0.25, 0.3) is 0 Å². The summed E-state index contributed by atoms with van der Waals surface area (Å²) < 4.78 is 5.84. The van der Waals surface area contributed by atoms with Gasteiger partial charge in [-0.3, -0.25) is 0 Å².